The summed E-state index contributed by atoms with van der Waals surface area (Å²) in [7, 11) is 1.51. The maximum absolute atomic E-state index is 13.0. The van der Waals surface area contributed by atoms with E-state index in [1.165, 1.54) is 23.2 Å². The summed E-state index contributed by atoms with van der Waals surface area (Å²) in [4.78, 5) is 47.9. The van der Waals surface area contributed by atoms with E-state index in [1.807, 2.05) is 0 Å². The van der Waals surface area contributed by atoms with Gasteiger partial charge in [-0.1, -0.05) is 6.58 Å². The van der Waals surface area contributed by atoms with Crippen molar-refractivity contribution in [3.63, 3.8) is 0 Å². The normalized spacial score (nSPS) is 13.0. The monoisotopic (exact) mass is 412 g/mol. The first-order valence-electron chi connectivity index (χ1n) is 8.87. The smallest absolute Gasteiger partial charge is 0.328 e. The number of carboxylic acids is 1. The molecule has 2 heterocycles. The molecule has 0 saturated carbocycles. The number of ether oxygens (including phenoxy) is 1. The summed E-state index contributed by atoms with van der Waals surface area (Å²) in [6.07, 6.45) is 2.39. The molecule has 1 aliphatic heterocycles. The Labute approximate surface area is 172 Å². The molecule has 30 heavy (non-hydrogen) atoms. The van der Waals surface area contributed by atoms with Gasteiger partial charge in [0.1, 0.15) is 30.9 Å². The molecule has 0 spiro atoms. The topological polar surface area (TPSA) is 142 Å². The van der Waals surface area contributed by atoms with Gasteiger partial charge in [0.15, 0.2) is 0 Å². The summed E-state index contributed by atoms with van der Waals surface area (Å²) in [5.41, 5.74) is 7.00. The average molecular weight is 412 g/mol. The third kappa shape index (κ3) is 3.99. The number of hydrogen-bond donors (Lipinski definition) is 2. The fraction of sp³-hybridized carbons (Fsp3) is 0.211. The van der Waals surface area contributed by atoms with Gasteiger partial charge in [-0.2, -0.15) is 0 Å². The van der Waals surface area contributed by atoms with E-state index in [1.54, 1.807) is 24.3 Å². The third-order valence-electron chi connectivity index (χ3n) is 4.46. The molecule has 11 nitrogen and oxygen atoms in total. The molecule has 0 saturated heterocycles. The van der Waals surface area contributed by atoms with Crippen LogP contribution in [0.5, 0.6) is 5.88 Å². The van der Waals surface area contributed by atoms with Crippen LogP contribution in [0.3, 0.4) is 0 Å². The van der Waals surface area contributed by atoms with Gasteiger partial charge in [-0.3, -0.25) is 19.4 Å². The zero-order valence-electron chi connectivity index (χ0n) is 16.2. The lowest BCUT2D eigenvalue weighted by molar-refractivity contribution is -0.137. The molecule has 3 rings (SSSR count). The number of aromatic nitrogens is 2. The first-order chi connectivity index (χ1) is 14.3. The van der Waals surface area contributed by atoms with Gasteiger partial charge in [-0.05, 0) is 24.3 Å². The molecule has 0 bridgehead atoms. The van der Waals surface area contributed by atoms with E-state index in [9.17, 15) is 14.4 Å². The predicted molar refractivity (Wildman–Crippen MR) is 108 cm³/mol. The largest absolute Gasteiger partial charge is 0.480 e. The number of fused-ring (bicyclic) bond motifs is 1. The van der Waals surface area contributed by atoms with Gasteiger partial charge in [0.05, 0.1) is 6.54 Å². The number of benzene rings is 1. The predicted octanol–water partition coefficient (Wildman–Crippen LogP) is 1.18. The highest BCUT2D eigenvalue weighted by atomic mass is 16.5. The van der Waals surface area contributed by atoms with Crippen molar-refractivity contribution in [2.45, 2.75) is 0 Å². The van der Waals surface area contributed by atoms with Gasteiger partial charge in [0.2, 0.25) is 5.88 Å². The molecule has 0 unspecified atom stereocenters. The van der Waals surface area contributed by atoms with E-state index in [0.29, 0.717) is 11.4 Å². The molecule has 3 amide bonds. The number of nitrogen functional groups attached to an aromatic ring is 1. The molecular weight excluding hydrogens is 392 g/mol. The number of carbonyl (C=O) groups excluding carboxylic acids is 2. The Morgan fingerprint density at radius 1 is 1.33 bits per heavy atom. The van der Waals surface area contributed by atoms with Crippen LogP contribution in [0.15, 0.2) is 43.4 Å². The highest BCUT2D eigenvalue weighted by molar-refractivity contribution is 6.10. The lowest BCUT2D eigenvalue weighted by Crippen LogP contribution is -2.40. The van der Waals surface area contributed by atoms with Gasteiger partial charge in [0.25, 0.3) is 5.91 Å². The molecule has 0 fully saturated rings. The van der Waals surface area contributed by atoms with Gasteiger partial charge in [-0.15, -0.1) is 0 Å². The lowest BCUT2D eigenvalue weighted by atomic mass is 10.2. The molecule has 0 aliphatic carbocycles. The molecule has 3 N–H and O–H groups in total. The maximum atomic E-state index is 13.0. The second-order valence-electron chi connectivity index (χ2n) is 6.31. The number of rotatable bonds is 5. The Bertz CT molecular complexity index is 993. The van der Waals surface area contributed by atoms with E-state index in [0.717, 1.165) is 11.1 Å². The Balaban J connectivity index is 1.82. The molecule has 156 valence electrons. The van der Waals surface area contributed by atoms with Crippen LogP contribution in [-0.2, 0) is 4.79 Å². The Morgan fingerprint density at radius 3 is 2.67 bits per heavy atom. The quantitative estimate of drug-likeness (QED) is 0.745. The second kappa shape index (κ2) is 8.47. The molecule has 1 aromatic heterocycles. The van der Waals surface area contributed by atoms with Crippen LogP contribution in [0.2, 0.25) is 0 Å². The first kappa shape index (κ1) is 20.6. The molecule has 1 aliphatic rings. The van der Waals surface area contributed by atoms with E-state index in [-0.39, 0.29) is 30.4 Å². The van der Waals surface area contributed by atoms with Crippen molar-refractivity contribution in [3.8, 4) is 5.88 Å². The molecular formula is C19H20N6O5. The summed E-state index contributed by atoms with van der Waals surface area (Å²) in [5.74, 6) is -1.38. The van der Waals surface area contributed by atoms with Crippen molar-refractivity contribution < 1.29 is 24.2 Å². The summed E-state index contributed by atoms with van der Waals surface area (Å²) in [6, 6.07) is 6.05. The Kier molecular flexibility index (Phi) is 5.81. The first-order valence-corrected chi connectivity index (χ1v) is 8.87. The van der Waals surface area contributed by atoms with Crippen molar-refractivity contribution in [1.82, 2.24) is 14.9 Å². The van der Waals surface area contributed by atoms with Crippen LogP contribution in [0.25, 0.3) is 0 Å². The summed E-state index contributed by atoms with van der Waals surface area (Å²) >= 11 is 0. The number of aliphatic carboxylic acids is 1. The van der Waals surface area contributed by atoms with Crippen molar-refractivity contribution >= 4 is 35.1 Å². The molecule has 1 aromatic carbocycles. The van der Waals surface area contributed by atoms with E-state index in [4.69, 9.17) is 15.6 Å². The van der Waals surface area contributed by atoms with Crippen LogP contribution in [0.1, 0.15) is 10.4 Å². The lowest BCUT2D eigenvalue weighted by Gasteiger charge is -2.25. The molecule has 11 heteroatoms. The van der Waals surface area contributed by atoms with Gasteiger partial charge in [0, 0.05) is 24.6 Å². The van der Waals surface area contributed by atoms with Crippen molar-refractivity contribution in [3.05, 3.63) is 48.9 Å². The van der Waals surface area contributed by atoms with Gasteiger partial charge < -0.3 is 20.5 Å². The highest BCUT2D eigenvalue weighted by Gasteiger charge is 2.29. The highest BCUT2D eigenvalue weighted by Crippen LogP contribution is 2.28. The molecule has 2 aromatic rings. The number of carbonyl (C=O) groups is 3. The standard InChI is InChI=1S/C19H20N6O5/c1-3-24(10-14(26)27)19(29)23(2)12-4-6-13(7-5-12)25-8-9-30-17-15(18(25)28)16(20)21-11-22-17/h3-7,11H,1,8-10H2,2H3,(H,26,27)(H2,20,21,22). The fourth-order valence-electron chi connectivity index (χ4n) is 2.92. The molecule has 0 atom stereocenters. The maximum Gasteiger partial charge on any atom is 0.328 e. The Hall–Kier alpha value is -4.15. The van der Waals surface area contributed by atoms with Gasteiger partial charge >= 0.3 is 12.0 Å². The number of amides is 3. The van der Waals surface area contributed by atoms with Crippen LogP contribution in [-0.4, -0.2) is 64.6 Å². The number of hydrogen-bond acceptors (Lipinski definition) is 7. The SMILES string of the molecule is C=CN(CC(=O)O)C(=O)N(C)c1ccc(N2CCOc3ncnc(N)c3C2=O)cc1. The minimum Gasteiger partial charge on any atom is -0.480 e. The van der Waals surface area contributed by atoms with E-state index in [2.05, 4.69) is 16.5 Å². The van der Waals surface area contributed by atoms with Crippen LogP contribution in [0, 0.1) is 0 Å². The minimum absolute atomic E-state index is 0.0294. The average Bonchev–Trinajstić information content (AvgIpc) is 2.90. The summed E-state index contributed by atoms with van der Waals surface area (Å²) < 4.78 is 5.51. The zero-order valence-corrected chi connectivity index (χ0v) is 16.2. The number of anilines is 3. The van der Waals surface area contributed by atoms with Crippen LogP contribution >= 0.6 is 0 Å². The van der Waals surface area contributed by atoms with Crippen molar-refractivity contribution in [2.75, 3.05) is 42.3 Å². The van der Waals surface area contributed by atoms with Crippen LogP contribution in [0.4, 0.5) is 22.0 Å². The number of carboxylic acid groups (broad SMARTS) is 1. The number of nitrogens with zero attached hydrogens (tertiary/aromatic N) is 5. The third-order valence-corrected chi connectivity index (χ3v) is 4.46. The second-order valence-corrected chi connectivity index (χ2v) is 6.31. The summed E-state index contributed by atoms with van der Waals surface area (Å²) in [6.45, 7) is 3.45. The zero-order chi connectivity index (χ0) is 21.8. The van der Waals surface area contributed by atoms with E-state index >= 15 is 0 Å². The number of nitrogens with two attached hydrogens (primary N) is 1. The Morgan fingerprint density at radius 2 is 2.03 bits per heavy atom. The van der Waals surface area contributed by atoms with Crippen LogP contribution < -0.4 is 20.3 Å². The van der Waals surface area contributed by atoms with Gasteiger partial charge in [-0.25, -0.2) is 14.8 Å². The van der Waals surface area contributed by atoms with E-state index < -0.39 is 24.5 Å². The number of urea groups is 1. The fourth-order valence-corrected chi connectivity index (χ4v) is 2.92. The van der Waals surface area contributed by atoms with Crippen molar-refractivity contribution in [2.24, 2.45) is 0 Å². The molecule has 0 radical (unpaired) electrons. The minimum atomic E-state index is -1.16. The van der Waals surface area contributed by atoms with Crippen molar-refractivity contribution in [1.29, 1.82) is 0 Å². The summed E-state index contributed by atoms with van der Waals surface area (Å²) in [5, 5.41) is 8.91.